The van der Waals surface area contributed by atoms with Gasteiger partial charge >= 0.3 is 5.69 Å². The molecule has 1 aromatic carbocycles. The van der Waals surface area contributed by atoms with E-state index in [2.05, 4.69) is 4.98 Å². The first-order valence-corrected chi connectivity index (χ1v) is 10.6. The number of benzene rings is 1. The standard InChI is InChI=1S/C22H23F3N4O4/c1-13-9-29(21(33)26-19(13)31)10-18(30)27-5-2-3-22(11-27)4-6-28(12-22)20(32)14-7-16(24)17(25)8-15(14)23/h7-9H,2-6,10-12H2,1H3,(H,26,31,33). The van der Waals surface area contributed by atoms with E-state index < -0.39 is 45.6 Å². The Morgan fingerprint density at radius 3 is 2.45 bits per heavy atom. The number of carbonyl (C=O) groups excluding carboxylic acids is 2. The van der Waals surface area contributed by atoms with Crippen molar-refractivity contribution in [2.24, 2.45) is 5.41 Å². The van der Waals surface area contributed by atoms with Crippen LogP contribution >= 0.6 is 0 Å². The Morgan fingerprint density at radius 2 is 1.70 bits per heavy atom. The van der Waals surface area contributed by atoms with Crippen molar-refractivity contribution in [2.75, 3.05) is 26.2 Å². The molecule has 0 bridgehead atoms. The summed E-state index contributed by atoms with van der Waals surface area (Å²) in [4.78, 5) is 54.4. The molecule has 0 saturated carbocycles. The number of halogens is 3. The smallest absolute Gasteiger partial charge is 0.328 e. The van der Waals surface area contributed by atoms with E-state index in [0.717, 1.165) is 11.0 Å². The molecule has 0 radical (unpaired) electrons. The number of aryl methyl sites for hydroxylation is 1. The van der Waals surface area contributed by atoms with Gasteiger partial charge in [-0.3, -0.25) is 23.9 Å². The first-order chi connectivity index (χ1) is 15.6. The summed E-state index contributed by atoms with van der Waals surface area (Å²) in [6.45, 7) is 2.71. The van der Waals surface area contributed by atoms with Gasteiger partial charge in [0, 0.05) is 49.4 Å². The average Bonchev–Trinajstić information content (AvgIpc) is 3.17. The van der Waals surface area contributed by atoms with Crippen molar-refractivity contribution in [2.45, 2.75) is 32.7 Å². The van der Waals surface area contributed by atoms with Crippen LogP contribution in [0.4, 0.5) is 13.2 Å². The molecule has 1 N–H and O–H groups in total. The largest absolute Gasteiger partial charge is 0.341 e. The maximum atomic E-state index is 14.1. The predicted molar refractivity (Wildman–Crippen MR) is 111 cm³/mol. The zero-order chi connectivity index (χ0) is 23.9. The Labute approximate surface area is 186 Å². The Hall–Kier alpha value is -3.37. The van der Waals surface area contributed by atoms with Crippen LogP contribution in [0.2, 0.25) is 0 Å². The summed E-state index contributed by atoms with van der Waals surface area (Å²) in [6, 6.07) is 0.925. The number of amides is 2. The van der Waals surface area contributed by atoms with Crippen LogP contribution in [0.15, 0.2) is 27.9 Å². The molecule has 2 aliphatic heterocycles. The number of hydrogen-bond acceptors (Lipinski definition) is 4. The average molecular weight is 464 g/mol. The van der Waals surface area contributed by atoms with Crippen LogP contribution in [0.5, 0.6) is 0 Å². The van der Waals surface area contributed by atoms with E-state index in [1.165, 1.54) is 18.0 Å². The third-order valence-electron chi connectivity index (χ3n) is 6.47. The first kappa shape index (κ1) is 22.8. The molecule has 11 heteroatoms. The third-order valence-corrected chi connectivity index (χ3v) is 6.47. The fourth-order valence-corrected chi connectivity index (χ4v) is 4.70. The summed E-state index contributed by atoms with van der Waals surface area (Å²) in [6.07, 6.45) is 3.35. The second-order valence-corrected chi connectivity index (χ2v) is 8.84. The number of likely N-dealkylation sites (tertiary alicyclic amines) is 2. The second-order valence-electron chi connectivity index (χ2n) is 8.84. The van der Waals surface area contributed by atoms with Crippen LogP contribution in [-0.2, 0) is 11.3 Å². The molecular weight excluding hydrogens is 441 g/mol. The van der Waals surface area contributed by atoms with Crippen molar-refractivity contribution in [3.63, 3.8) is 0 Å². The van der Waals surface area contributed by atoms with E-state index in [0.29, 0.717) is 50.2 Å². The molecule has 1 unspecified atom stereocenters. The van der Waals surface area contributed by atoms with Crippen molar-refractivity contribution in [3.05, 3.63) is 67.7 Å². The van der Waals surface area contributed by atoms with E-state index in [9.17, 15) is 32.3 Å². The van der Waals surface area contributed by atoms with Gasteiger partial charge in [0.15, 0.2) is 11.6 Å². The number of nitrogens with zero attached hydrogens (tertiary/aromatic N) is 3. The van der Waals surface area contributed by atoms with Crippen LogP contribution in [-0.4, -0.2) is 57.3 Å². The van der Waals surface area contributed by atoms with Crippen molar-refractivity contribution in [1.29, 1.82) is 0 Å². The van der Waals surface area contributed by atoms with Crippen molar-refractivity contribution < 1.29 is 22.8 Å². The molecule has 2 saturated heterocycles. The molecule has 4 rings (SSSR count). The maximum absolute atomic E-state index is 14.1. The Kier molecular flexibility index (Phi) is 5.89. The van der Waals surface area contributed by atoms with E-state index in [1.54, 1.807) is 4.90 Å². The van der Waals surface area contributed by atoms with E-state index >= 15 is 0 Å². The molecule has 3 heterocycles. The van der Waals surface area contributed by atoms with Crippen LogP contribution in [0.25, 0.3) is 0 Å². The predicted octanol–water partition coefficient (Wildman–Crippen LogP) is 1.42. The number of aromatic nitrogens is 2. The molecule has 1 aromatic heterocycles. The molecule has 2 aromatic rings. The van der Waals surface area contributed by atoms with Gasteiger partial charge in [0.05, 0.1) is 5.56 Å². The molecule has 8 nitrogen and oxygen atoms in total. The highest BCUT2D eigenvalue weighted by atomic mass is 19.2. The fourth-order valence-electron chi connectivity index (χ4n) is 4.70. The lowest BCUT2D eigenvalue weighted by Crippen LogP contribution is -2.49. The Bertz CT molecular complexity index is 1240. The number of H-pyrrole nitrogens is 1. The highest BCUT2D eigenvalue weighted by molar-refractivity contribution is 5.94. The van der Waals surface area contributed by atoms with Crippen LogP contribution in [0.1, 0.15) is 35.2 Å². The summed E-state index contributed by atoms with van der Waals surface area (Å²) in [5.41, 5.74) is -1.79. The molecule has 2 fully saturated rings. The third kappa shape index (κ3) is 4.44. The minimum absolute atomic E-state index is 0.227. The van der Waals surface area contributed by atoms with Gasteiger partial charge in [-0.15, -0.1) is 0 Å². The highest BCUT2D eigenvalue weighted by Crippen LogP contribution is 2.39. The lowest BCUT2D eigenvalue weighted by Gasteiger charge is -2.40. The van der Waals surface area contributed by atoms with E-state index in [4.69, 9.17) is 0 Å². The minimum atomic E-state index is -1.36. The van der Waals surface area contributed by atoms with Gasteiger partial charge in [-0.2, -0.15) is 0 Å². The number of aromatic amines is 1. The van der Waals surface area contributed by atoms with E-state index in [1.807, 2.05) is 0 Å². The summed E-state index contributed by atoms with van der Waals surface area (Å²) in [5, 5.41) is 0. The lowest BCUT2D eigenvalue weighted by atomic mass is 9.79. The van der Waals surface area contributed by atoms with Gasteiger partial charge < -0.3 is 9.80 Å². The highest BCUT2D eigenvalue weighted by Gasteiger charge is 2.44. The quantitative estimate of drug-likeness (QED) is 0.695. The summed E-state index contributed by atoms with van der Waals surface area (Å²) >= 11 is 0. The van der Waals surface area contributed by atoms with Gasteiger partial charge in [0.25, 0.3) is 11.5 Å². The van der Waals surface area contributed by atoms with Crippen molar-refractivity contribution >= 4 is 11.8 Å². The number of piperidine rings is 1. The maximum Gasteiger partial charge on any atom is 0.328 e. The summed E-state index contributed by atoms with van der Waals surface area (Å²) < 4.78 is 42.0. The number of hydrogen-bond donors (Lipinski definition) is 1. The topological polar surface area (TPSA) is 95.5 Å². The molecular formula is C22H23F3N4O4. The van der Waals surface area contributed by atoms with Crippen molar-refractivity contribution in [1.82, 2.24) is 19.4 Å². The van der Waals surface area contributed by atoms with Gasteiger partial charge in [0.2, 0.25) is 5.91 Å². The van der Waals surface area contributed by atoms with Gasteiger partial charge in [-0.05, 0) is 32.3 Å². The zero-order valence-electron chi connectivity index (χ0n) is 18.0. The lowest BCUT2D eigenvalue weighted by molar-refractivity contribution is -0.135. The van der Waals surface area contributed by atoms with Crippen LogP contribution < -0.4 is 11.2 Å². The van der Waals surface area contributed by atoms with Gasteiger partial charge in [0.1, 0.15) is 12.4 Å². The normalized spacial score (nSPS) is 20.5. The SMILES string of the molecule is Cc1cn(CC(=O)N2CCCC3(CCN(C(=O)c4cc(F)c(F)cc4F)C3)C2)c(=O)[nH]c1=O. The van der Waals surface area contributed by atoms with Gasteiger partial charge in [-0.1, -0.05) is 0 Å². The molecule has 1 atom stereocenters. The molecule has 176 valence electrons. The molecule has 33 heavy (non-hydrogen) atoms. The molecule has 2 amide bonds. The summed E-state index contributed by atoms with van der Waals surface area (Å²) in [5.74, 6) is -4.79. The Balaban J connectivity index is 1.46. The van der Waals surface area contributed by atoms with Crippen LogP contribution in [0.3, 0.4) is 0 Å². The molecule has 2 aliphatic rings. The molecule has 1 spiro atoms. The minimum Gasteiger partial charge on any atom is -0.341 e. The zero-order valence-corrected chi connectivity index (χ0v) is 18.0. The number of carbonyl (C=O) groups is 2. The van der Waals surface area contributed by atoms with E-state index in [-0.39, 0.29) is 19.0 Å². The monoisotopic (exact) mass is 464 g/mol. The number of rotatable bonds is 3. The Morgan fingerprint density at radius 1 is 1.00 bits per heavy atom. The van der Waals surface area contributed by atoms with Crippen molar-refractivity contribution in [3.8, 4) is 0 Å². The number of nitrogens with one attached hydrogen (secondary N) is 1. The second kappa shape index (κ2) is 8.53. The first-order valence-electron chi connectivity index (χ1n) is 10.6. The summed E-state index contributed by atoms with van der Waals surface area (Å²) in [7, 11) is 0. The fraction of sp³-hybridized carbons (Fsp3) is 0.455. The molecule has 0 aliphatic carbocycles. The van der Waals surface area contributed by atoms with Gasteiger partial charge in [-0.25, -0.2) is 18.0 Å². The van der Waals surface area contributed by atoms with Crippen LogP contribution in [0, 0.1) is 29.8 Å².